The molecule has 0 aliphatic carbocycles. The Kier molecular flexibility index (Phi) is 5.22. The summed E-state index contributed by atoms with van der Waals surface area (Å²) >= 11 is 5.66. The summed E-state index contributed by atoms with van der Waals surface area (Å²) in [5.74, 6) is 0.631. The Morgan fingerprint density at radius 2 is 2.07 bits per heavy atom. The lowest BCUT2D eigenvalue weighted by molar-refractivity contribution is -0.129. The summed E-state index contributed by atoms with van der Waals surface area (Å²) in [5, 5.41) is 0.931. The van der Waals surface area contributed by atoms with Gasteiger partial charge >= 0.3 is 0 Å². The molecule has 28 heavy (non-hydrogen) atoms. The topological polar surface area (TPSA) is 58.2 Å². The smallest absolute Gasteiger partial charge is 0.237 e. The number of aromatic nitrogens is 2. The zero-order valence-electron chi connectivity index (χ0n) is 15.5. The Morgan fingerprint density at radius 1 is 1.29 bits per heavy atom. The van der Waals surface area contributed by atoms with E-state index in [0.717, 1.165) is 35.1 Å². The van der Waals surface area contributed by atoms with Crippen molar-refractivity contribution in [2.75, 3.05) is 26.1 Å². The molecule has 1 aromatic carbocycles. The zero-order chi connectivity index (χ0) is 19.7. The van der Waals surface area contributed by atoms with E-state index in [1.54, 1.807) is 19.4 Å². The van der Waals surface area contributed by atoms with Crippen LogP contribution >= 0.6 is 11.6 Å². The van der Waals surface area contributed by atoms with Gasteiger partial charge in [0, 0.05) is 41.8 Å². The molecular formula is C21H21ClFN3O2. The number of hydrogen-bond acceptors (Lipinski definition) is 3. The molecule has 1 amide bonds. The number of aromatic amines is 1. The Balaban J connectivity index is 1.67. The van der Waals surface area contributed by atoms with Gasteiger partial charge < -0.3 is 14.6 Å². The third-order valence-electron chi connectivity index (χ3n) is 5.41. The summed E-state index contributed by atoms with van der Waals surface area (Å²) in [6, 6.07) is 8.47. The lowest BCUT2D eigenvalue weighted by atomic mass is 9.93. The maximum atomic E-state index is 13.9. The number of hydrogen-bond donors (Lipinski definition) is 1. The fourth-order valence-electron chi connectivity index (χ4n) is 3.92. The highest BCUT2D eigenvalue weighted by molar-refractivity contribution is 6.27. The maximum Gasteiger partial charge on any atom is 0.237 e. The fourth-order valence-corrected chi connectivity index (χ4v) is 4.09. The van der Waals surface area contributed by atoms with Gasteiger partial charge in [0.05, 0.1) is 7.11 Å². The van der Waals surface area contributed by atoms with Crippen LogP contribution in [0.15, 0.2) is 36.5 Å². The largest absolute Gasteiger partial charge is 0.496 e. The molecule has 0 unspecified atom stereocenters. The van der Waals surface area contributed by atoms with E-state index in [1.165, 1.54) is 12.1 Å². The van der Waals surface area contributed by atoms with Crippen molar-refractivity contribution in [3.63, 3.8) is 0 Å². The second-order valence-corrected chi connectivity index (χ2v) is 7.25. The minimum absolute atomic E-state index is 0.0149. The van der Waals surface area contributed by atoms with Gasteiger partial charge in [0.1, 0.15) is 23.1 Å². The summed E-state index contributed by atoms with van der Waals surface area (Å²) in [6.45, 7) is 1.40. The molecular weight excluding hydrogens is 381 g/mol. The molecule has 3 aromatic rings. The third kappa shape index (κ3) is 3.44. The summed E-state index contributed by atoms with van der Waals surface area (Å²) in [6.07, 6.45) is 3.45. The average Bonchev–Trinajstić information content (AvgIpc) is 3.17. The Bertz CT molecular complexity index is 1010. The van der Waals surface area contributed by atoms with Crippen molar-refractivity contribution in [3.8, 4) is 16.9 Å². The van der Waals surface area contributed by atoms with Crippen LogP contribution in [-0.2, 0) is 4.79 Å². The highest BCUT2D eigenvalue weighted by Gasteiger charge is 2.25. The number of nitrogens with one attached hydrogen (secondary N) is 1. The van der Waals surface area contributed by atoms with Gasteiger partial charge in [0.25, 0.3) is 0 Å². The first-order valence-electron chi connectivity index (χ1n) is 9.26. The van der Waals surface area contributed by atoms with Gasteiger partial charge in [0.15, 0.2) is 0 Å². The number of pyridine rings is 1. The van der Waals surface area contributed by atoms with Crippen LogP contribution in [0.4, 0.5) is 4.39 Å². The van der Waals surface area contributed by atoms with E-state index in [2.05, 4.69) is 16.0 Å². The van der Waals surface area contributed by atoms with E-state index in [1.807, 2.05) is 11.0 Å². The SMILES string of the molecule is COc1ccc(F)cc1-c1ccnc2[nH]c(C3CCN(C(=O)CCl)CC3)cc12. The van der Waals surface area contributed by atoms with Crippen LogP contribution in [0.3, 0.4) is 0 Å². The van der Waals surface area contributed by atoms with Crippen LogP contribution in [0.2, 0.25) is 0 Å². The molecule has 1 fully saturated rings. The number of likely N-dealkylation sites (tertiary alicyclic amines) is 1. The molecule has 0 bridgehead atoms. The number of H-pyrrole nitrogens is 1. The summed E-state index contributed by atoms with van der Waals surface area (Å²) in [5.41, 5.74) is 3.42. The molecule has 0 radical (unpaired) electrons. The van der Waals surface area contributed by atoms with Gasteiger partial charge in [-0.05, 0) is 48.7 Å². The normalized spacial score (nSPS) is 15.2. The van der Waals surface area contributed by atoms with Crippen LogP contribution in [0.1, 0.15) is 24.5 Å². The standard InChI is InChI=1S/C21H21ClFN3O2/c1-28-19-3-2-14(23)10-16(19)15-4-7-24-21-17(15)11-18(25-21)13-5-8-26(9-6-13)20(27)12-22/h2-4,7,10-11,13H,5-6,8-9,12H2,1H3,(H,24,25). The molecule has 3 heterocycles. The van der Waals surface area contributed by atoms with Crippen LogP contribution in [0.25, 0.3) is 22.2 Å². The van der Waals surface area contributed by atoms with E-state index in [0.29, 0.717) is 30.3 Å². The van der Waals surface area contributed by atoms with Gasteiger partial charge in [-0.2, -0.15) is 0 Å². The van der Waals surface area contributed by atoms with Crippen molar-refractivity contribution >= 4 is 28.5 Å². The Labute approximate surface area is 167 Å². The first kappa shape index (κ1) is 18.7. The fraction of sp³-hybridized carbons (Fsp3) is 0.333. The number of fused-ring (bicyclic) bond motifs is 1. The maximum absolute atomic E-state index is 13.9. The number of rotatable bonds is 4. The number of halogens is 2. The number of carbonyl (C=O) groups excluding carboxylic acids is 1. The van der Waals surface area contributed by atoms with E-state index in [9.17, 15) is 9.18 Å². The minimum atomic E-state index is -0.312. The number of amides is 1. The molecule has 7 heteroatoms. The number of carbonyl (C=O) groups is 1. The van der Waals surface area contributed by atoms with Gasteiger partial charge in [-0.1, -0.05) is 0 Å². The molecule has 146 valence electrons. The van der Waals surface area contributed by atoms with Crippen molar-refractivity contribution in [3.05, 3.63) is 48.0 Å². The quantitative estimate of drug-likeness (QED) is 0.662. The van der Waals surface area contributed by atoms with Crippen molar-refractivity contribution in [2.45, 2.75) is 18.8 Å². The molecule has 1 aliphatic rings. The predicted molar refractivity (Wildman–Crippen MR) is 107 cm³/mol. The third-order valence-corrected chi connectivity index (χ3v) is 5.63. The summed E-state index contributed by atoms with van der Waals surface area (Å²) in [7, 11) is 1.58. The molecule has 1 N–H and O–H groups in total. The second-order valence-electron chi connectivity index (χ2n) is 6.98. The lowest BCUT2D eigenvalue weighted by Gasteiger charge is -2.31. The number of alkyl halides is 1. The van der Waals surface area contributed by atoms with E-state index < -0.39 is 0 Å². The molecule has 0 saturated carbocycles. The molecule has 0 spiro atoms. The van der Waals surface area contributed by atoms with Crippen molar-refractivity contribution in [2.24, 2.45) is 0 Å². The lowest BCUT2D eigenvalue weighted by Crippen LogP contribution is -2.38. The monoisotopic (exact) mass is 401 g/mol. The van der Waals surface area contributed by atoms with Crippen LogP contribution in [0, 0.1) is 5.82 Å². The van der Waals surface area contributed by atoms with Crippen LogP contribution in [0.5, 0.6) is 5.75 Å². The van der Waals surface area contributed by atoms with Crippen LogP contribution < -0.4 is 4.74 Å². The van der Waals surface area contributed by atoms with E-state index in [4.69, 9.17) is 16.3 Å². The predicted octanol–water partition coefficient (Wildman–Crippen LogP) is 4.32. The average molecular weight is 402 g/mol. The van der Waals surface area contributed by atoms with Gasteiger partial charge in [-0.15, -0.1) is 11.6 Å². The minimum Gasteiger partial charge on any atom is -0.496 e. The van der Waals surface area contributed by atoms with Crippen molar-refractivity contribution < 1.29 is 13.9 Å². The van der Waals surface area contributed by atoms with E-state index in [-0.39, 0.29) is 17.6 Å². The highest BCUT2D eigenvalue weighted by Crippen LogP contribution is 2.37. The molecule has 2 aromatic heterocycles. The summed E-state index contributed by atoms with van der Waals surface area (Å²) in [4.78, 5) is 21.4. The zero-order valence-corrected chi connectivity index (χ0v) is 16.3. The molecule has 5 nitrogen and oxygen atoms in total. The van der Waals surface area contributed by atoms with Gasteiger partial charge in [-0.3, -0.25) is 4.79 Å². The molecule has 0 atom stereocenters. The molecule has 4 rings (SSSR count). The van der Waals surface area contributed by atoms with Crippen molar-refractivity contribution in [1.82, 2.24) is 14.9 Å². The summed E-state index contributed by atoms with van der Waals surface area (Å²) < 4.78 is 19.3. The molecule has 1 aliphatic heterocycles. The van der Waals surface area contributed by atoms with Gasteiger partial charge in [-0.25, -0.2) is 9.37 Å². The van der Waals surface area contributed by atoms with Gasteiger partial charge in [0.2, 0.25) is 5.91 Å². The van der Waals surface area contributed by atoms with E-state index >= 15 is 0 Å². The number of nitrogens with zero attached hydrogens (tertiary/aromatic N) is 2. The first-order valence-corrected chi connectivity index (χ1v) is 9.79. The first-order chi connectivity index (χ1) is 13.6. The Morgan fingerprint density at radius 3 is 2.79 bits per heavy atom. The number of piperidine rings is 1. The second kappa shape index (κ2) is 7.80. The Hall–Kier alpha value is -2.60. The molecule has 1 saturated heterocycles. The number of benzene rings is 1. The number of methoxy groups -OCH3 is 1. The number of ether oxygens (including phenoxy) is 1. The highest BCUT2D eigenvalue weighted by atomic mass is 35.5. The van der Waals surface area contributed by atoms with Crippen LogP contribution in [-0.4, -0.2) is 46.9 Å². The van der Waals surface area contributed by atoms with Crippen molar-refractivity contribution in [1.29, 1.82) is 0 Å².